The number of hydrogen-bond donors (Lipinski definition) is 2. The van der Waals surface area contributed by atoms with E-state index in [9.17, 15) is 4.79 Å². The molecule has 0 aliphatic carbocycles. The second-order valence-electron chi connectivity index (χ2n) is 2.83. The molecular weight excluding hydrogens is 172 g/mol. The molecule has 0 amide bonds. The Bertz CT molecular complexity index is 184. The van der Waals surface area contributed by atoms with Crippen molar-refractivity contribution in [1.82, 2.24) is 0 Å². The number of hydrogen-bond acceptors (Lipinski definition) is 4. The van der Waals surface area contributed by atoms with E-state index in [1.807, 2.05) is 0 Å². The minimum absolute atomic E-state index is 0.0126. The first kappa shape index (κ1) is 12.1. The molecule has 0 aromatic rings. The molecule has 1 unspecified atom stereocenters. The van der Waals surface area contributed by atoms with Gasteiger partial charge in [-0.2, -0.15) is 0 Å². The lowest BCUT2D eigenvalue weighted by Crippen LogP contribution is -2.10. The molecule has 4 heteroatoms. The molecule has 0 rings (SSSR count). The summed E-state index contributed by atoms with van der Waals surface area (Å²) in [7, 11) is 0. The van der Waals surface area contributed by atoms with Gasteiger partial charge in [0.25, 0.3) is 0 Å². The summed E-state index contributed by atoms with van der Waals surface area (Å²) in [6, 6.07) is 0. The molecule has 0 aromatic carbocycles. The summed E-state index contributed by atoms with van der Waals surface area (Å²) < 4.78 is 4.65. The first-order valence-corrected chi connectivity index (χ1v) is 4.20. The number of aliphatic hydroxyl groups excluding tert-OH is 2. The van der Waals surface area contributed by atoms with Crippen LogP contribution in [0.1, 0.15) is 20.3 Å². The number of esters is 1. The van der Waals surface area contributed by atoms with Crippen LogP contribution in [0.25, 0.3) is 0 Å². The number of carbonyl (C=O) groups excluding carboxylic acids is 1. The SMILES string of the molecule is CC(=CCC(C)O)C(=O)OCCO. The van der Waals surface area contributed by atoms with E-state index in [0.29, 0.717) is 12.0 Å². The largest absolute Gasteiger partial charge is 0.460 e. The minimum atomic E-state index is -0.458. The van der Waals surface area contributed by atoms with Crippen LogP contribution in [-0.4, -0.2) is 35.5 Å². The summed E-state index contributed by atoms with van der Waals surface area (Å²) in [4.78, 5) is 11.0. The zero-order chi connectivity index (χ0) is 10.3. The van der Waals surface area contributed by atoms with E-state index in [0.717, 1.165) is 0 Å². The fourth-order valence-corrected chi connectivity index (χ4v) is 0.683. The van der Waals surface area contributed by atoms with E-state index in [-0.39, 0.29) is 13.2 Å². The summed E-state index contributed by atoms with van der Waals surface area (Å²) in [5.74, 6) is -0.449. The van der Waals surface area contributed by atoms with Gasteiger partial charge in [0.2, 0.25) is 0 Å². The van der Waals surface area contributed by atoms with Crippen molar-refractivity contribution in [3.63, 3.8) is 0 Å². The van der Waals surface area contributed by atoms with Crippen molar-refractivity contribution < 1.29 is 19.7 Å². The summed E-state index contributed by atoms with van der Waals surface area (Å²) in [5.41, 5.74) is 0.453. The van der Waals surface area contributed by atoms with Crippen molar-refractivity contribution >= 4 is 5.97 Å². The summed E-state index contributed by atoms with van der Waals surface area (Å²) in [6.45, 7) is 3.10. The van der Waals surface area contributed by atoms with Crippen molar-refractivity contribution in [3.8, 4) is 0 Å². The standard InChI is InChI=1S/C9H16O4/c1-7(3-4-8(2)11)9(12)13-6-5-10/h3,8,10-11H,4-6H2,1-2H3. The molecule has 1 atom stereocenters. The fraction of sp³-hybridized carbons (Fsp3) is 0.667. The number of aliphatic hydroxyl groups is 2. The van der Waals surface area contributed by atoms with E-state index < -0.39 is 12.1 Å². The van der Waals surface area contributed by atoms with Crippen LogP contribution in [0, 0.1) is 0 Å². The summed E-state index contributed by atoms with van der Waals surface area (Å²) in [6.07, 6.45) is 1.59. The van der Waals surface area contributed by atoms with Gasteiger partial charge in [0.05, 0.1) is 12.7 Å². The molecule has 0 aromatic heterocycles. The van der Waals surface area contributed by atoms with Crippen molar-refractivity contribution in [2.24, 2.45) is 0 Å². The molecule has 0 aliphatic rings. The molecule has 0 spiro atoms. The fourth-order valence-electron chi connectivity index (χ4n) is 0.683. The lowest BCUT2D eigenvalue weighted by molar-refractivity contribution is -0.139. The Morgan fingerprint density at radius 1 is 1.62 bits per heavy atom. The van der Waals surface area contributed by atoms with Crippen LogP contribution in [0.4, 0.5) is 0 Å². The Balaban J connectivity index is 3.86. The van der Waals surface area contributed by atoms with Crippen molar-refractivity contribution in [1.29, 1.82) is 0 Å². The van der Waals surface area contributed by atoms with Gasteiger partial charge in [-0.15, -0.1) is 0 Å². The highest BCUT2D eigenvalue weighted by Crippen LogP contribution is 2.01. The number of ether oxygens (including phenoxy) is 1. The van der Waals surface area contributed by atoms with Crippen molar-refractivity contribution in [2.75, 3.05) is 13.2 Å². The molecule has 0 heterocycles. The van der Waals surface area contributed by atoms with Gasteiger partial charge in [-0.1, -0.05) is 6.08 Å². The third-order valence-corrected chi connectivity index (χ3v) is 1.41. The van der Waals surface area contributed by atoms with Crippen molar-refractivity contribution in [3.05, 3.63) is 11.6 Å². The van der Waals surface area contributed by atoms with Crippen LogP contribution in [0.15, 0.2) is 11.6 Å². The second-order valence-corrected chi connectivity index (χ2v) is 2.83. The molecule has 13 heavy (non-hydrogen) atoms. The average molecular weight is 188 g/mol. The Kier molecular flexibility index (Phi) is 6.18. The lowest BCUT2D eigenvalue weighted by Gasteiger charge is -2.03. The van der Waals surface area contributed by atoms with Gasteiger partial charge in [-0.3, -0.25) is 0 Å². The third-order valence-electron chi connectivity index (χ3n) is 1.41. The Morgan fingerprint density at radius 2 is 2.23 bits per heavy atom. The predicted molar refractivity (Wildman–Crippen MR) is 48.1 cm³/mol. The van der Waals surface area contributed by atoms with Crippen molar-refractivity contribution in [2.45, 2.75) is 26.4 Å². The van der Waals surface area contributed by atoms with Gasteiger partial charge in [-0.05, 0) is 20.3 Å². The van der Waals surface area contributed by atoms with Crippen LogP contribution in [0.5, 0.6) is 0 Å². The predicted octanol–water partition coefficient (Wildman–Crippen LogP) is 0.239. The normalized spacial score (nSPS) is 14.0. The summed E-state index contributed by atoms with van der Waals surface area (Å²) in [5, 5.41) is 17.3. The van der Waals surface area contributed by atoms with Gasteiger partial charge in [-0.25, -0.2) is 4.79 Å². The molecule has 4 nitrogen and oxygen atoms in total. The topological polar surface area (TPSA) is 66.8 Å². The van der Waals surface area contributed by atoms with Crippen LogP contribution >= 0.6 is 0 Å². The van der Waals surface area contributed by atoms with E-state index in [1.165, 1.54) is 0 Å². The maximum Gasteiger partial charge on any atom is 0.333 e. The zero-order valence-electron chi connectivity index (χ0n) is 7.99. The summed E-state index contributed by atoms with van der Waals surface area (Å²) >= 11 is 0. The Morgan fingerprint density at radius 3 is 2.69 bits per heavy atom. The van der Waals surface area contributed by atoms with Gasteiger partial charge in [0, 0.05) is 5.57 Å². The molecule has 0 saturated carbocycles. The maximum atomic E-state index is 11.0. The second kappa shape index (κ2) is 6.62. The van der Waals surface area contributed by atoms with Crippen LogP contribution in [0.2, 0.25) is 0 Å². The Hall–Kier alpha value is -0.870. The molecular formula is C9H16O4. The molecule has 0 radical (unpaired) electrons. The van der Waals surface area contributed by atoms with Crippen LogP contribution < -0.4 is 0 Å². The highest BCUT2D eigenvalue weighted by Gasteiger charge is 2.04. The van der Waals surface area contributed by atoms with Gasteiger partial charge >= 0.3 is 5.97 Å². The van der Waals surface area contributed by atoms with E-state index >= 15 is 0 Å². The monoisotopic (exact) mass is 188 g/mol. The third kappa shape index (κ3) is 6.31. The smallest absolute Gasteiger partial charge is 0.333 e. The molecule has 76 valence electrons. The first-order valence-electron chi connectivity index (χ1n) is 4.20. The highest BCUT2D eigenvalue weighted by molar-refractivity contribution is 5.87. The van der Waals surface area contributed by atoms with Crippen LogP contribution in [-0.2, 0) is 9.53 Å². The zero-order valence-corrected chi connectivity index (χ0v) is 7.99. The quantitative estimate of drug-likeness (QED) is 0.479. The first-order chi connectivity index (χ1) is 6.07. The molecule has 0 fully saturated rings. The van der Waals surface area contributed by atoms with E-state index in [2.05, 4.69) is 4.74 Å². The molecule has 2 N–H and O–H groups in total. The minimum Gasteiger partial charge on any atom is -0.460 e. The molecule has 0 saturated heterocycles. The highest BCUT2D eigenvalue weighted by atomic mass is 16.5. The molecule has 0 bridgehead atoms. The van der Waals surface area contributed by atoms with Crippen LogP contribution in [0.3, 0.4) is 0 Å². The van der Waals surface area contributed by atoms with Gasteiger partial charge in [0.15, 0.2) is 0 Å². The maximum absolute atomic E-state index is 11.0. The van der Waals surface area contributed by atoms with Gasteiger partial charge < -0.3 is 14.9 Å². The van der Waals surface area contributed by atoms with E-state index in [4.69, 9.17) is 10.2 Å². The lowest BCUT2D eigenvalue weighted by atomic mass is 10.2. The number of rotatable bonds is 5. The molecule has 0 aliphatic heterocycles. The average Bonchev–Trinajstić information content (AvgIpc) is 2.10. The van der Waals surface area contributed by atoms with Gasteiger partial charge in [0.1, 0.15) is 6.61 Å². The number of carbonyl (C=O) groups is 1. The Labute approximate surface area is 77.8 Å². The van der Waals surface area contributed by atoms with E-state index in [1.54, 1.807) is 19.9 Å².